The fraction of sp³-hybridized carbons (Fsp3) is 0.667. The van der Waals surface area contributed by atoms with Crippen molar-refractivity contribution in [2.45, 2.75) is 53.0 Å². The second-order valence-electron chi connectivity index (χ2n) is 6.89. The highest BCUT2D eigenvalue weighted by Gasteiger charge is 2.36. The molecule has 0 radical (unpaired) electrons. The first-order valence-electron chi connectivity index (χ1n) is 7.41. The van der Waals surface area contributed by atoms with Gasteiger partial charge >= 0.3 is 0 Å². The van der Waals surface area contributed by atoms with Gasteiger partial charge in [-0.25, -0.2) is 0 Å². The molecule has 108 valence electrons. The SMILES string of the molecule is Cc1nnc2ccc(NC3CCCC3C(C)(C)C)nn12. The Hall–Kier alpha value is -1.65. The van der Waals surface area contributed by atoms with Crippen LogP contribution in [0.25, 0.3) is 5.65 Å². The first-order valence-corrected chi connectivity index (χ1v) is 7.41. The molecule has 0 saturated heterocycles. The van der Waals surface area contributed by atoms with Crippen molar-refractivity contribution in [2.75, 3.05) is 5.32 Å². The summed E-state index contributed by atoms with van der Waals surface area (Å²) in [6.07, 6.45) is 3.82. The maximum absolute atomic E-state index is 4.60. The van der Waals surface area contributed by atoms with Crippen molar-refractivity contribution < 1.29 is 0 Å². The monoisotopic (exact) mass is 273 g/mol. The molecule has 2 heterocycles. The number of hydrogen-bond acceptors (Lipinski definition) is 4. The molecule has 0 amide bonds. The fourth-order valence-electron chi connectivity index (χ4n) is 3.33. The van der Waals surface area contributed by atoms with Gasteiger partial charge in [0.25, 0.3) is 0 Å². The van der Waals surface area contributed by atoms with Crippen molar-refractivity contribution in [2.24, 2.45) is 11.3 Å². The lowest BCUT2D eigenvalue weighted by Crippen LogP contribution is -2.33. The predicted octanol–water partition coefficient (Wildman–Crippen LogP) is 3.06. The van der Waals surface area contributed by atoms with Gasteiger partial charge in [0.2, 0.25) is 0 Å². The molecule has 5 nitrogen and oxygen atoms in total. The number of hydrogen-bond donors (Lipinski definition) is 1. The van der Waals surface area contributed by atoms with Crippen LogP contribution < -0.4 is 5.32 Å². The van der Waals surface area contributed by atoms with E-state index in [1.165, 1.54) is 19.3 Å². The van der Waals surface area contributed by atoms with Crippen molar-refractivity contribution >= 4 is 11.5 Å². The standard InChI is InChI=1S/C15H23N5/c1-10-17-18-14-9-8-13(19-20(10)14)16-12-7-5-6-11(12)15(2,3)4/h8-9,11-12H,5-7H2,1-4H3,(H,16,19). The van der Waals surface area contributed by atoms with E-state index in [0.717, 1.165) is 17.3 Å². The summed E-state index contributed by atoms with van der Waals surface area (Å²) >= 11 is 0. The van der Waals surface area contributed by atoms with Crippen LogP contribution in [0, 0.1) is 18.3 Å². The van der Waals surface area contributed by atoms with Crippen molar-refractivity contribution in [3.05, 3.63) is 18.0 Å². The summed E-state index contributed by atoms with van der Waals surface area (Å²) in [4.78, 5) is 0. The van der Waals surface area contributed by atoms with E-state index in [1.54, 1.807) is 4.52 Å². The largest absolute Gasteiger partial charge is 0.366 e. The molecule has 3 rings (SSSR count). The number of anilines is 1. The zero-order valence-corrected chi connectivity index (χ0v) is 12.7. The highest BCUT2D eigenvalue weighted by molar-refractivity contribution is 5.44. The van der Waals surface area contributed by atoms with Crippen LogP contribution in [-0.2, 0) is 0 Å². The summed E-state index contributed by atoms with van der Waals surface area (Å²) < 4.78 is 1.80. The van der Waals surface area contributed by atoms with Crippen molar-refractivity contribution in [1.29, 1.82) is 0 Å². The zero-order chi connectivity index (χ0) is 14.3. The van der Waals surface area contributed by atoms with Crippen molar-refractivity contribution in [1.82, 2.24) is 19.8 Å². The second-order valence-corrected chi connectivity index (χ2v) is 6.89. The zero-order valence-electron chi connectivity index (χ0n) is 12.7. The smallest absolute Gasteiger partial charge is 0.178 e. The molecule has 1 aliphatic rings. The van der Waals surface area contributed by atoms with Crippen LogP contribution in [0.5, 0.6) is 0 Å². The maximum atomic E-state index is 4.60. The van der Waals surface area contributed by atoms with Crippen LogP contribution in [0.1, 0.15) is 45.9 Å². The lowest BCUT2D eigenvalue weighted by atomic mass is 9.77. The minimum absolute atomic E-state index is 0.338. The molecule has 1 fully saturated rings. The van der Waals surface area contributed by atoms with Gasteiger partial charge in [-0.3, -0.25) is 0 Å². The van der Waals surface area contributed by atoms with Gasteiger partial charge in [0.05, 0.1) is 0 Å². The van der Waals surface area contributed by atoms with Gasteiger partial charge in [-0.2, -0.15) is 4.52 Å². The molecule has 2 aromatic rings. The average Bonchev–Trinajstić information content (AvgIpc) is 2.97. The number of nitrogens with zero attached hydrogens (tertiary/aromatic N) is 4. The summed E-state index contributed by atoms with van der Waals surface area (Å²) in [5, 5.41) is 16.3. The summed E-state index contributed by atoms with van der Waals surface area (Å²) in [6, 6.07) is 4.48. The topological polar surface area (TPSA) is 55.1 Å². The molecule has 0 aromatic carbocycles. The second kappa shape index (κ2) is 4.72. The van der Waals surface area contributed by atoms with Gasteiger partial charge in [0, 0.05) is 6.04 Å². The van der Waals surface area contributed by atoms with Gasteiger partial charge < -0.3 is 5.32 Å². The first-order chi connectivity index (χ1) is 9.45. The molecule has 0 bridgehead atoms. The maximum Gasteiger partial charge on any atom is 0.178 e. The lowest BCUT2D eigenvalue weighted by molar-refractivity contribution is 0.232. The van der Waals surface area contributed by atoms with Crippen molar-refractivity contribution in [3.63, 3.8) is 0 Å². The predicted molar refractivity (Wildman–Crippen MR) is 79.7 cm³/mol. The quantitative estimate of drug-likeness (QED) is 0.913. The van der Waals surface area contributed by atoms with Gasteiger partial charge in [-0.15, -0.1) is 15.3 Å². The van der Waals surface area contributed by atoms with Crippen LogP contribution >= 0.6 is 0 Å². The Morgan fingerprint density at radius 2 is 2.00 bits per heavy atom. The molecule has 1 saturated carbocycles. The minimum Gasteiger partial charge on any atom is -0.366 e. The van der Waals surface area contributed by atoms with E-state index in [4.69, 9.17) is 0 Å². The Balaban J connectivity index is 1.83. The summed E-state index contributed by atoms with van der Waals surface area (Å²) in [5.74, 6) is 2.44. The van der Waals surface area contributed by atoms with Crippen LogP contribution in [0.3, 0.4) is 0 Å². The fourth-order valence-corrected chi connectivity index (χ4v) is 3.33. The molecule has 0 aliphatic heterocycles. The summed E-state index contributed by atoms with van der Waals surface area (Å²) in [5.41, 5.74) is 1.14. The van der Waals surface area contributed by atoms with E-state index in [9.17, 15) is 0 Å². The van der Waals surface area contributed by atoms with E-state index in [0.29, 0.717) is 17.4 Å². The van der Waals surface area contributed by atoms with Crippen LogP contribution in [0.4, 0.5) is 5.82 Å². The number of fused-ring (bicyclic) bond motifs is 1. The van der Waals surface area contributed by atoms with Crippen LogP contribution in [0.15, 0.2) is 12.1 Å². The van der Waals surface area contributed by atoms with Gasteiger partial charge in [0.1, 0.15) is 5.82 Å². The third kappa shape index (κ3) is 2.37. The molecule has 2 aromatic heterocycles. The van der Waals surface area contributed by atoms with Crippen molar-refractivity contribution in [3.8, 4) is 0 Å². The molecule has 1 N–H and O–H groups in total. The molecule has 1 aliphatic carbocycles. The Labute approximate surface area is 119 Å². The number of rotatable bonds is 2. The highest BCUT2D eigenvalue weighted by atomic mass is 15.4. The van der Waals surface area contributed by atoms with Crippen LogP contribution in [0.2, 0.25) is 0 Å². The molecular formula is C15H23N5. The third-order valence-electron chi connectivity index (χ3n) is 4.38. The summed E-state index contributed by atoms with van der Waals surface area (Å²) in [6.45, 7) is 8.92. The van der Waals surface area contributed by atoms with Crippen LogP contribution in [-0.4, -0.2) is 25.9 Å². The number of aromatic nitrogens is 4. The molecule has 5 heteroatoms. The molecule has 0 spiro atoms. The van der Waals surface area contributed by atoms with E-state index < -0.39 is 0 Å². The highest BCUT2D eigenvalue weighted by Crippen LogP contribution is 2.40. The Morgan fingerprint density at radius 3 is 2.75 bits per heavy atom. The Morgan fingerprint density at radius 1 is 1.20 bits per heavy atom. The molecule has 2 unspecified atom stereocenters. The Kier molecular flexibility index (Phi) is 3.15. The third-order valence-corrected chi connectivity index (χ3v) is 4.38. The average molecular weight is 273 g/mol. The first kappa shape index (κ1) is 13.3. The molecule has 2 atom stereocenters. The van der Waals surface area contributed by atoms with Gasteiger partial charge in [-0.1, -0.05) is 27.2 Å². The van der Waals surface area contributed by atoms with Gasteiger partial charge in [0.15, 0.2) is 11.5 Å². The number of aryl methyl sites for hydroxylation is 1. The normalized spacial score (nSPS) is 23.4. The Bertz CT molecular complexity index is 610. The molecule has 20 heavy (non-hydrogen) atoms. The van der Waals surface area contributed by atoms with E-state index in [1.807, 2.05) is 19.1 Å². The molecular weight excluding hydrogens is 250 g/mol. The van der Waals surface area contributed by atoms with E-state index in [2.05, 4.69) is 41.4 Å². The summed E-state index contributed by atoms with van der Waals surface area (Å²) in [7, 11) is 0. The van der Waals surface area contributed by atoms with E-state index in [-0.39, 0.29) is 0 Å². The number of nitrogens with one attached hydrogen (secondary N) is 1. The minimum atomic E-state index is 0.338. The van der Waals surface area contributed by atoms with Gasteiger partial charge in [-0.05, 0) is 43.2 Å². The lowest BCUT2D eigenvalue weighted by Gasteiger charge is -2.33. The van der Waals surface area contributed by atoms with E-state index >= 15 is 0 Å².